The first-order valence-electron chi connectivity index (χ1n) is 3.78. The van der Waals surface area contributed by atoms with E-state index in [9.17, 15) is 0 Å². The number of rotatable bonds is 1. The van der Waals surface area contributed by atoms with E-state index in [4.69, 9.17) is 5.73 Å². The Morgan fingerprint density at radius 3 is 2.50 bits per heavy atom. The predicted octanol–water partition coefficient (Wildman–Crippen LogP) is 1.94. The lowest BCUT2D eigenvalue weighted by Gasteiger charge is -1.91. The van der Waals surface area contributed by atoms with Gasteiger partial charge in [0, 0.05) is 23.4 Å². The molecule has 0 heterocycles. The number of nitrogen functional groups attached to an aromatic ring is 1. The van der Waals surface area contributed by atoms with Crippen LogP contribution in [0.3, 0.4) is 0 Å². The monoisotopic (exact) mass is 177 g/mol. The molecular weight excluding hydrogens is 166 g/mol. The lowest BCUT2D eigenvalue weighted by molar-refractivity contribution is 1.31. The van der Waals surface area contributed by atoms with Crippen molar-refractivity contribution in [2.75, 3.05) is 11.5 Å². The molecule has 1 nitrogen and oxygen atoms in total. The normalized spacial score (nSPS) is 8.75. The minimum absolute atomic E-state index is 0.773. The lowest BCUT2D eigenvalue weighted by Crippen LogP contribution is -1.83. The van der Waals surface area contributed by atoms with Crippen LogP contribution in [0.4, 0.5) is 5.69 Å². The number of nitrogens with two attached hydrogens (primary N) is 1. The molecule has 0 atom stereocenters. The second kappa shape index (κ2) is 4.74. The van der Waals surface area contributed by atoms with Crippen LogP contribution in [-0.2, 0) is 0 Å². The third kappa shape index (κ3) is 2.89. The lowest BCUT2D eigenvalue weighted by atomic mass is 10.2. The van der Waals surface area contributed by atoms with E-state index < -0.39 is 0 Å². The van der Waals surface area contributed by atoms with Gasteiger partial charge in [0.2, 0.25) is 0 Å². The Bertz CT molecular complexity index is 292. The van der Waals surface area contributed by atoms with Crippen LogP contribution in [0, 0.1) is 11.8 Å². The fourth-order valence-electron chi connectivity index (χ4n) is 0.787. The molecule has 0 aromatic heterocycles. The second-order valence-electron chi connectivity index (χ2n) is 2.40. The summed E-state index contributed by atoms with van der Waals surface area (Å²) in [5.74, 6) is 6.83. The van der Waals surface area contributed by atoms with Gasteiger partial charge in [0.25, 0.3) is 0 Å². The van der Waals surface area contributed by atoms with E-state index in [1.54, 1.807) is 0 Å². The third-order valence-electron chi connectivity index (χ3n) is 1.38. The zero-order valence-corrected chi connectivity index (χ0v) is 7.64. The van der Waals surface area contributed by atoms with Crippen molar-refractivity contribution in [2.45, 2.75) is 6.42 Å². The van der Waals surface area contributed by atoms with E-state index in [0.717, 1.165) is 23.4 Å². The van der Waals surface area contributed by atoms with E-state index in [0.29, 0.717) is 0 Å². The highest BCUT2D eigenvalue weighted by Gasteiger charge is 1.84. The highest BCUT2D eigenvalue weighted by Crippen LogP contribution is 2.03. The van der Waals surface area contributed by atoms with E-state index in [2.05, 4.69) is 24.5 Å². The van der Waals surface area contributed by atoms with Crippen LogP contribution in [0.1, 0.15) is 12.0 Å². The largest absolute Gasteiger partial charge is 0.399 e. The smallest absolute Gasteiger partial charge is 0.0314 e. The van der Waals surface area contributed by atoms with Gasteiger partial charge in [0.1, 0.15) is 0 Å². The summed E-state index contributed by atoms with van der Waals surface area (Å²) in [6, 6.07) is 7.54. The molecule has 0 fully saturated rings. The highest BCUT2D eigenvalue weighted by atomic mass is 32.1. The van der Waals surface area contributed by atoms with Crippen molar-refractivity contribution in [3.8, 4) is 11.8 Å². The van der Waals surface area contributed by atoms with Crippen LogP contribution < -0.4 is 5.73 Å². The number of hydrogen-bond acceptors (Lipinski definition) is 2. The Morgan fingerprint density at radius 2 is 1.92 bits per heavy atom. The number of hydrogen-bond donors (Lipinski definition) is 2. The third-order valence-corrected chi connectivity index (χ3v) is 1.60. The molecule has 0 aliphatic heterocycles. The van der Waals surface area contributed by atoms with E-state index >= 15 is 0 Å². The van der Waals surface area contributed by atoms with Crippen LogP contribution >= 0.6 is 12.6 Å². The van der Waals surface area contributed by atoms with Crippen LogP contribution in [0.15, 0.2) is 24.3 Å². The molecule has 12 heavy (non-hydrogen) atoms. The van der Waals surface area contributed by atoms with Crippen molar-refractivity contribution in [1.82, 2.24) is 0 Å². The standard InChI is InChI=1S/C10H11NS/c11-10-6-4-9(5-7-10)3-1-2-8-12/h4-7,12H,2,8,11H2. The van der Waals surface area contributed by atoms with Gasteiger partial charge in [-0.2, -0.15) is 12.6 Å². The molecule has 0 radical (unpaired) electrons. The second-order valence-corrected chi connectivity index (χ2v) is 2.84. The van der Waals surface area contributed by atoms with Gasteiger partial charge in [0.05, 0.1) is 0 Å². The molecule has 1 rings (SSSR count). The number of anilines is 1. The summed E-state index contributed by atoms with van der Waals surface area (Å²) in [6.07, 6.45) is 0.827. The quantitative estimate of drug-likeness (QED) is 0.383. The maximum absolute atomic E-state index is 5.52. The average molecular weight is 177 g/mol. The van der Waals surface area contributed by atoms with Crippen molar-refractivity contribution in [1.29, 1.82) is 0 Å². The van der Waals surface area contributed by atoms with E-state index in [-0.39, 0.29) is 0 Å². The maximum Gasteiger partial charge on any atom is 0.0314 e. The summed E-state index contributed by atoms with van der Waals surface area (Å²) in [7, 11) is 0. The molecule has 0 saturated heterocycles. The molecule has 2 N–H and O–H groups in total. The Kier molecular flexibility index (Phi) is 3.56. The molecule has 1 aromatic carbocycles. The van der Waals surface area contributed by atoms with Crippen molar-refractivity contribution < 1.29 is 0 Å². The zero-order valence-electron chi connectivity index (χ0n) is 6.75. The summed E-state index contributed by atoms with van der Waals surface area (Å²) in [4.78, 5) is 0. The van der Waals surface area contributed by atoms with E-state index in [1.165, 1.54) is 0 Å². The number of benzene rings is 1. The SMILES string of the molecule is Nc1ccc(C#CCCS)cc1. The topological polar surface area (TPSA) is 26.0 Å². The van der Waals surface area contributed by atoms with Crippen LogP contribution in [-0.4, -0.2) is 5.75 Å². The molecule has 0 unspecified atom stereocenters. The van der Waals surface area contributed by atoms with Crippen molar-refractivity contribution in [2.24, 2.45) is 0 Å². The van der Waals surface area contributed by atoms with Crippen LogP contribution in [0.25, 0.3) is 0 Å². The molecule has 0 saturated carbocycles. The Hall–Kier alpha value is -1.07. The Balaban J connectivity index is 2.66. The van der Waals surface area contributed by atoms with Crippen molar-refractivity contribution in [3.05, 3.63) is 29.8 Å². The van der Waals surface area contributed by atoms with Gasteiger partial charge in [0.15, 0.2) is 0 Å². The summed E-state index contributed by atoms with van der Waals surface area (Å²) < 4.78 is 0. The predicted molar refractivity (Wildman–Crippen MR) is 56.2 cm³/mol. The molecule has 0 spiro atoms. The molecule has 0 aliphatic rings. The summed E-state index contributed by atoms with van der Waals surface area (Å²) in [6.45, 7) is 0. The van der Waals surface area contributed by atoms with Gasteiger partial charge in [-0.25, -0.2) is 0 Å². The average Bonchev–Trinajstić information content (AvgIpc) is 2.09. The van der Waals surface area contributed by atoms with Gasteiger partial charge in [-0.15, -0.1) is 0 Å². The van der Waals surface area contributed by atoms with Gasteiger partial charge >= 0.3 is 0 Å². The Labute approximate surface area is 78.4 Å². The molecule has 0 bridgehead atoms. The molecule has 2 heteroatoms. The summed E-state index contributed by atoms with van der Waals surface area (Å²) in [5, 5.41) is 0. The van der Waals surface area contributed by atoms with Gasteiger partial charge < -0.3 is 5.73 Å². The first-order chi connectivity index (χ1) is 5.83. The van der Waals surface area contributed by atoms with E-state index in [1.807, 2.05) is 24.3 Å². The maximum atomic E-state index is 5.52. The molecule has 0 aliphatic carbocycles. The zero-order chi connectivity index (χ0) is 8.81. The molecular formula is C10H11NS. The van der Waals surface area contributed by atoms with Gasteiger partial charge in [-0.05, 0) is 24.3 Å². The summed E-state index contributed by atoms with van der Waals surface area (Å²) >= 11 is 4.06. The van der Waals surface area contributed by atoms with Crippen LogP contribution in [0.2, 0.25) is 0 Å². The van der Waals surface area contributed by atoms with Crippen molar-refractivity contribution in [3.63, 3.8) is 0 Å². The fraction of sp³-hybridized carbons (Fsp3) is 0.200. The number of thiol groups is 1. The Morgan fingerprint density at radius 1 is 1.25 bits per heavy atom. The highest BCUT2D eigenvalue weighted by molar-refractivity contribution is 7.80. The molecule has 1 aromatic rings. The van der Waals surface area contributed by atoms with Crippen molar-refractivity contribution >= 4 is 18.3 Å². The van der Waals surface area contributed by atoms with Gasteiger partial charge in [-0.3, -0.25) is 0 Å². The molecule has 0 amide bonds. The summed E-state index contributed by atoms with van der Waals surface area (Å²) in [5.41, 5.74) is 7.30. The van der Waals surface area contributed by atoms with Gasteiger partial charge in [-0.1, -0.05) is 11.8 Å². The minimum atomic E-state index is 0.773. The first-order valence-corrected chi connectivity index (χ1v) is 4.41. The first kappa shape index (κ1) is 9.02. The minimum Gasteiger partial charge on any atom is -0.399 e. The van der Waals surface area contributed by atoms with Crippen LogP contribution in [0.5, 0.6) is 0 Å². The fourth-order valence-corrected chi connectivity index (χ4v) is 0.899. The molecule has 62 valence electrons.